The number of nitrogens with one attached hydrogen (secondary N) is 3. The van der Waals surface area contributed by atoms with Crippen molar-refractivity contribution in [3.05, 3.63) is 58.2 Å². The third-order valence-corrected chi connectivity index (χ3v) is 8.39. The van der Waals surface area contributed by atoms with Crippen LogP contribution in [0.5, 0.6) is 0 Å². The van der Waals surface area contributed by atoms with E-state index in [9.17, 15) is 14.0 Å². The minimum Gasteiger partial charge on any atom is -0.383 e. The number of methoxy groups -OCH3 is 1. The summed E-state index contributed by atoms with van der Waals surface area (Å²) in [6.07, 6.45) is 5.80. The van der Waals surface area contributed by atoms with Crippen LogP contribution in [0, 0.1) is 0 Å². The summed E-state index contributed by atoms with van der Waals surface area (Å²) in [6, 6.07) is 8.11. The lowest BCUT2D eigenvalue weighted by Gasteiger charge is -2.23. The molecule has 3 N–H and O–H groups in total. The average Bonchev–Trinajstić information content (AvgIpc) is 3.69. The summed E-state index contributed by atoms with van der Waals surface area (Å²) in [5.74, 6) is 0.684. The van der Waals surface area contributed by atoms with Gasteiger partial charge in [-0.2, -0.15) is 0 Å². The zero-order valence-electron chi connectivity index (χ0n) is 21.3. The topological polar surface area (TPSA) is 121 Å². The number of benzene rings is 1. The fourth-order valence-corrected chi connectivity index (χ4v) is 6.31. The van der Waals surface area contributed by atoms with Gasteiger partial charge in [-0.05, 0) is 36.6 Å². The first-order valence-corrected chi connectivity index (χ1v) is 14.1. The third kappa shape index (κ3) is 6.49. The summed E-state index contributed by atoms with van der Waals surface area (Å²) in [6.45, 7) is 1.26. The Balaban J connectivity index is 1.16. The molecule has 1 atom stereocenters. The Kier molecular flexibility index (Phi) is 8.59. The van der Waals surface area contributed by atoms with Gasteiger partial charge in [-0.3, -0.25) is 10.1 Å². The fraction of sp³-hybridized carbons (Fsp3) is 0.346. The van der Waals surface area contributed by atoms with E-state index in [1.165, 1.54) is 29.0 Å². The molecule has 1 aliphatic heterocycles. The van der Waals surface area contributed by atoms with Gasteiger partial charge in [-0.25, -0.2) is 24.1 Å². The SMILES string of the molecule is COC[C@H]1CCCN1C(=O)c1cc2ncnc(NCCc3cnc(NC(=O)Nc4cccc(CF)c4)s3)c2s1. The number of aromatic nitrogens is 3. The number of halogens is 1. The fourth-order valence-electron chi connectivity index (χ4n) is 4.47. The standard InChI is InChI=1S/C26H28FN7O3S2/c1-37-14-18-6-3-9-34(18)24(35)21-11-20-22(39-21)23(31-15-30-20)28-8-7-19-13-29-26(38-19)33-25(36)32-17-5-2-4-16(10-17)12-27/h2,4-5,10-11,13,15,18H,3,6-9,12,14H2,1H3,(H,28,30,31)(H2,29,32,33,36)/t18-/m1/s1. The van der Waals surface area contributed by atoms with Crippen molar-refractivity contribution in [1.29, 1.82) is 0 Å². The van der Waals surface area contributed by atoms with Gasteiger partial charge in [0.15, 0.2) is 5.13 Å². The predicted octanol–water partition coefficient (Wildman–Crippen LogP) is 5.17. The number of ether oxygens (including phenoxy) is 1. The molecule has 1 aliphatic rings. The minimum absolute atomic E-state index is 0.00680. The molecular formula is C26H28FN7O3S2. The predicted molar refractivity (Wildman–Crippen MR) is 152 cm³/mol. The monoisotopic (exact) mass is 569 g/mol. The minimum atomic E-state index is -0.596. The van der Waals surface area contributed by atoms with Crippen LogP contribution in [-0.4, -0.2) is 64.6 Å². The number of hydrogen-bond donors (Lipinski definition) is 3. The van der Waals surface area contributed by atoms with Gasteiger partial charge in [-0.15, -0.1) is 22.7 Å². The number of carbonyl (C=O) groups is 2. The summed E-state index contributed by atoms with van der Waals surface area (Å²) in [7, 11) is 1.66. The molecule has 3 aromatic heterocycles. The van der Waals surface area contributed by atoms with Crippen LogP contribution in [0.1, 0.15) is 33.0 Å². The van der Waals surface area contributed by atoms with E-state index in [0.29, 0.717) is 46.6 Å². The molecule has 0 saturated carbocycles. The van der Waals surface area contributed by atoms with Crippen LogP contribution in [0.15, 0.2) is 42.9 Å². The van der Waals surface area contributed by atoms with Crippen LogP contribution in [0.4, 0.5) is 25.8 Å². The first-order valence-electron chi connectivity index (χ1n) is 12.5. The third-order valence-electron chi connectivity index (χ3n) is 6.30. The van der Waals surface area contributed by atoms with E-state index in [0.717, 1.165) is 34.5 Å². The maximum Gasteiger partial charge on any atom is 0.325 e. The van der Waals surface area contributed by atoms with Crippen LogP contribution in [0.25, 0.3) is 10.2 Å². The van der Waals surface area contributed by atoms with Gasteiger partial charge in [0.1, 0.15) is 18.8 Å². The molecule has 0 bridgehead atoms. The zero-order chi connectivity index (χ0) is 27.2. The first-order chi connectivity index (χ1) is 19.0. The van der Waals surface area contributed by atoms with Gasteiger partial charge < -0.3 is 20.3 Å². The Labute approximate surface area is 232 Å². The molecule has 0 aliphatic carbocycles. The Hall–Kier alpha value is -3.68. The van der Waals surface area contributed by atoms with Crippen LogP contribution in [-0.2, 0) is 17.8 Å². The van der Waals surface area contributed by atoms with Crippen molar-refractivity contribution in [3.63, 3.8) is 0 Å². The Bertz CT molecular complexity index is 1460. The number of fused-ring (bicyclic) bond motifs is 1. The van der Waals surface area contributed by atoms with Crippen molar-refractivity contribution in [2.75, 3.05) is 42.8 Å². The number of thiophene rings is 1. The van der Waals surface area contributed by atoms with Gasteiger partial charge in [0.25, 0.3) is 5.91 Å². The molecule has 0 radical (unpaired) electrons. The average molecular weight is 570 g/mol. The maximum atomic E-state index is 13.2. The van der Waals surface area contributed by atoms with Crippen LogP contribution in [0.2, 0.25) is 0 Å². The summed E-state index contributed by atoms with van der Waals surface area (Å²) >= 11 is 2.77. The molecule has 1 saturated heterocycles. The van der Waals surface area contributed by atoms with Crippen LogP contribution < -0.4 is 16.0 Å². The van der Waals surface area contributed by atoms with Gasteiger partial charge in [0.05, 0.1) is 27.7 Å². The van der Waals surface area contributed by atoms with E-state index in [1.807, 2.05) is 11.0 Å². The lowest BCUT2D eigenvalue weighted by Crippen LogP contribution is -2.37. The zero-order valence-corrected chi connectivity index (χ0v) is 22.9. The molecule has 0 spiro atoms. The van der Waals surface area contributed by atoms with Gasteiger partial charge >= 0.3 is 6.03 Å². The number of alkyl halides is 1. The highest BCUT2D eigenvalue weighted by atomic mass is 32.1. The van der Waals surface area contributed by atoms with Crippen molar-refractivity contribution < 1.29 is 18.7 Å². The molecule has 10 nitrogen and oxygen atoms in total. The lowest BCUT2D eigenvalue weighted by molar-refractivity contribution is 0.0635. The van der Waals surface area contributed by atoms with Crippen molar-refractivity contribution in [2.45, 2.75) is 32.0 Å². The highest BCUT2D eigenvalue weighted by Gasteiger charge is 2.30. The number of urea groups is 1. The number of amides is 3. The van der Waals surface area contributed by atoms with E-state index >= 15 is 0 Å². The largest absolute Gasteiger partial charge is 0.383 e. The number of hydrogen-bond acceptors (Lipinski definition) is 9. The van der Waals surface area contributed by atoms with Crippen molar-refractivity contribution in [2.24, 2.45) is 0 Å². The summed E-state index contributed by atoms with van der Waals surface area (Å²) < 4.78 is 19.0. The van der Waals surface area contributed by atoms with E-state index in [4.69, 9.17) is 4.74 Å². The molecule has 204 valence electrons. The Morgan fingerprint density at radius 3 is 2.92 bits per heavy atom. The van der Waals surface area contributed by atoms with Gasteiger partial charge in [-0.1, -0.05) is 12.1 Å². The van der Waals surface area contributed by atoms with E-state index in [2.05, 4.69) is 30.9 Å². The second-order valence-electron chi connectivity index (χ2n) is 9.02. The van der Waals surface area contributed by atoms with E-state index in [-0.39, 0.29) is 11.9 Å². The second-order valence-corrected chi connectivity index (χ2v) is 11.2. The highest BCUT2D eigenvalue weighted by Crippen LogP contribution is 2.32. The maximum absolute atomic E-state index is 13.2. The molecule has 3 amide bonds. The van der Waals surface area contributed by atoms with Gasteiger partial charge in [0, 0.05) is 43.4 Å². The lowest BCUT2D eigenvalue weighted by atomic mass is 10.2. The molecule has 5 rings (SSSR count). The molecule has 1 aromatic carbocycles. The Morgan fingerprint density at radius 1 is 1.18 bits per heavy atom. The van der Waals surface area contributed by atoms with E-state index in [1.54, 1.807) is 37.6 Å². The van der Waals surface area contributed by atoms with Crippen molar-refractivity contribution in [3.8, 4) is 0 Å². The van der Waals surface area contributed by atoms with Crippen molar-refractivity contribution >= 4 is 61.5 Å². The van der Waals surface area contributed by atoms with Crippen molar-refractivity contribution in [1.82, 2.24) is 19.9 Å². The Morgan fingerprint density at radius 2 is 2.08 bits per heavy atom. The van der Waals surface area contributed by atoms with Crippen LogP contribution >= 0.6 is 22.7 Å². The molecule has 13 heteroatoms. The smallest absolute Gasteiger partial charge is 0.325 e. The number of carbonyl (C=O) groups excluding carboxylic acids is 2. The van der Waals surface area contributed by atoms with E-state index < -0.39 is 12.7 Å². The number of rotatable bonds is 10. The molecular weight excluding hydrogens is 541 g/mol. The normalized spacial score (nSPS) is 15.0. The summed E-state index contributed by atoms with van der Waals surface area (Å²) in [5.41, 5.74) is 1.73. The number of likely N-dealkylation sites (tertiary alicyclic amines) is 1. The molecule has 0 unspecified atom stereocenters. The highest BCUT2D eigenvalue weighted by molar-refractivity contribution is 7.21. The molecule has 1 fully saturated rings. The quantitative estimate of drug-likeness (QED) is 0.241. The second kappa shape index (κ2) is 12.5. The molecule has 39 heavy (non-hydrogen) atoms. The number of nitrogens with zero attached hydrogens (tertiary/aromatic N) is 4. The number of anilines is 3. The first kappa shape index (κ1) is 26.9. The van der Waals surface area contributed by atoms with Crippen LogP contribution in [0.3, 0.4) is 0 Å². The molecule has 4 aromatic rings. The molecule has 4 heterocycles. The van der Waals surface area contributed by atoms with Gasteiger partial charge in [0.2, 0.25) is 0 Å². The number of thiazole rings is 1. The summed E-state index contributed by atoms with van der Waals surface area (Å²) in [4.78, 5) is 42.0. The summed E-state index contributed by atoms with van der Waals surface area (Å²) in [5, 5.41) is 9.20.